The van der Waals surface area contributed by atoms with Crippen molar-refractivity contribution >= 4 is 11.3 Å². The average Bonchev–Trinajstić information content (AvgIpc) is 2.82. The van der Waals surface area contributed by atoms with Crippen molar-refractivity contribution in [1.29, 1.82) is 0 Å². The molecule has 0 saturated heterocycles. The maximum absolute atomic E-state index is 12.2. The summed E-state index contributed by atoms with van der Waals surface area (Å²) >= 11 is 0. The van der Waals surface area contributed by atoms with Gasteiger partial charge in [-0.25, -0.2) is 9.48 Å². The first-order chi connectivity index (χ1) is 10.3. The van der Waals surface area contributed by atoms with Crippen LogP contribution in [0.25, 0.3) is 5.65 Å². The first-order valence-electron chi connectivity index (χ1n) is 7.01. The zero-order valence-electron chi connectivity index (χ0n) is 11.9. The van der Waals surface area contributed by atoms with Crippen LogP contribution in [0.15, 0.2) is 47.5 Å². The van der Waals surface area contributed by atoms with Crippen LogP contribution in [0, 0.1) is 0 Å². The molecular weight excluding hydrogens is 266 g/mol. The second-order valence-electron chi connectivity index (χ2n) is 4.83. The van der Waals surface area contributed by atoms with Gasteiger partial charge in [0.25, 0.3) is 0 Å². The van der Waals surface area contributed by atoms with E-state index in [1.807, 2.05) is 30.3 Å². The first-order valence-corrected chi connectivity index (χ1v) is 7.01. The Bertz CT molecular complexity index is 805. The van der Waals surface area contributed by atoms with Crippen LogP contribution in [0.5, 0.6) is 0 Å². The lowest BCUT2D eigenvalue weighted by Gasteiger charge is -2.06. The van der Waals surface area contributed by atoms with E-state index in [0.29, 0.717) is 12.2 Å². The van der Waals surface area contributed by atoms with Crippen molar-refractivity contribution in [2.24, 2.45) is 0 Å². The Morgan fingerprint density at radius 1 is 1.29 bits per heavy atom. The zero-order chi connectivity index (χ0) is 14.7. The Labute approximate surface area is 122 Å². The molecule has 3 aromatic heterocycles. The number of aromatic nitrogens is 4. The van der Waals surface area contributed by atoms with Gasteiger partial charge in [0.15, 0.2) is 5.65 Å². The Hall–Kier alpha value is -2.63. The second kappa shape index (κ2) is 5.78. The van der Waals surface area contributed by atoms with Gasteiger partial charge in [0.05, 0.1) is 12.2 Å². The van der Waals surface area contributed by atoms with E-state index in [0.717, 1.165) is 24.3 Å². The molecule has 21 heavy (non-hydrogen) atoms. The lowest BCUT2D eigenvalue weighted by atomic mass is 10.3. The number of hydrogen-bond acceptors (Lipinski definition) is 4. The van der Waals surface area contributed by atoms with Gasteiger partial charge in [0.2, 0.25) is 0 Å². The Kier molecular flexibility index (Phi) is 3.68. The number of hydrogen-bond donors (Lipinski definition) is 1. The van der Waals surface area contributed by atoms with Crippen LogP contribution in [-0.4, -0.2) is 25.7 Å². The third kappa shape index (κ3) is 2.79. The fourth-order valence-corrected chi connectivity index (χ4v) is 2.17. The van der Waals surface area contributed by atoms with Gasteiger partial charge >= 0.3 is 5.69 Å². The quantitative estimate of drug-likeness (QED) is 0.775. The van der Waals surface area contributed by atoms with E-state index in [4.69, 9.17) is 0 Å². The van der Waals surface area contributed by atoms with Gasteiger partial charge in [-0.05, 0) is 30.7 Å². The predicted molar refractivity (Wildman–Crippen MR) is 81.6 cm³/mol. The molecule has 108 valence electrons. The van der Waals surface area contributed by atoms with Gasteiger partial charge in [0, 0.05) is 24.6 Å². The van der Waals surface area contributed by atoms with Crippen molar-refractivity contribution in [3.63, 3.8) is 0 Å². The fourth-order valence-electron chi connectivity index (χ4n) is 2.17. The highest BCUT2D eigenvalue weighted by atomic mass is 16.2. The minimum Gasteiger partial charge on any atom is -0.385 e. The maximum atomic E-state index is 12.2. The molecule has 0 unspecified atom stereocenters. The number of nitrogens with zero attached hydrogens (tertiary/aromatic N) is 4. The maximum Gasteiger partial charge on any atom is 0.350 e. The smallest absolute Gasteiger partial charge is 0.350 e. The minimum absolute atomic E-state index is 0.153. The molecule has 3 rings (SSSR count). The van der Waals surface area contributed by atoms with Crippen LogP contribution in [0.3, 0.4) is 0 Å². The summed E-state index contributed by atoms with van der Waals surface area (Å²) in [6.07, 6.45) is 4.52. The van der Waals surface area contributed by atoms with Crippen LogP contribution in [0.4, 0.5) is 5.69 Å². The van der Waals surface area contributed by atoms with E-state index >= 15 is 0 Å². The molecule has 6 heteroatoms. The molecule has 0 amide bonds. The topological polar surface area (TPSA) is 64.2 Å². The third-order valence-electron chi connectivity index (χ3n) is 3.20. The number of anilines is 1. The van der Waals surface area contributed by atoms with E-state index in [1.54, 1.807) is 12.4 Å². The number of fused-ring (bicyclic) bond motifs is 1. The van der Waals surface area contributed by atoms with Crippen molar-refractivity contribution in [3.8, 4) is 0 Å². The van der Waals surface area contributed by atoms with Crippen LogP contribution < -0.4 is 11.0 Å². The van der Waals surface area contributed by atoms with Gasteiger partial charge < -0.3 is 5.32 Å². The summed E-state index contributed by atoms with van der Waals surface area (Å²) in [5.41, 5.74) is 2.31. The molecule has 0 aromatic carbocycles. The molecule has 0 saturated carbocycles. The van der Waals surface area contributed by atoms with E-state index < -0.39 is 0 Å². The van der Waals surface area contributed by atoms with Crippen molar-refractivity contribution in [3.05, 3.63) is 58.9 Å². The molecule has 0 fully saturated rings. The standard InChI is InChI=1S/C15H17N5O/c1-2-7-16-12-6-8-17-13(10-12)11-20-15(21)19-9-4-3-5-14(19)18-20/h3-6,8-10H,2,7,11H2,1H3,(H,16,17). The van der Waals surface area contributed by atoms with E-state index in [9.17, 15) is 4.79 Å². The zero-order valence-corrected chi connectivity index (χ0v) is 11.9. The predicted octanol–water partition coefficient (Wildman–Crippen LogP) is 1.76. The highest BCUT2D eigenvalue weighted by molar-refractivity contribution is 5.43. The molecule has 6 nitrogen and oxygen atoms in total. The normalized spacial score (nSPS) is 10.9. The molecule has 0 spiro atoms. The molecule has 0 aliphatic carbocycles. The van der Waals surface area contributed by atoms with Gasteiger partial charge in [-0.15, -0.1) is 5.10 Å². The summed E-state index contributed by atoms with van der Waals surface area (Å²) < 4.78 is 2.96. The number of nitrogens with one attached hydrogen (secondary N) is 1. The summed E-state index contributed by atoms with van der Waals surface area (Å²) in [7, 11) is 0. The van der Waals surface area contributed by atoms with Gasteiger partial charge in [-0.1, -0.05) is 13.0 Å². The van der Waals surface area contributed by atoms with E-state index in [1.165, 1.54) is 9.08 Å². The molecule has 0 aliphatic heterocycles. The summed E-state index contributed by atoms with van der Waals surface area (Å²) in [5.74, 6) is 0. The summed E-state index contributed by atoms with van der Waals surface area (Å²) in [6.45, 7) is 3.39. The van der Waals surface area contributed by atoms with Crippen molar-refractivity contribution in [1.82, 2.24) is 19.2 Å². The lowest BCUT2D eigenvalue weighted by molar-refractivity contribution is 0.646. The molecule has 3 aromatic rings. The largest absolute Gasteiger partial charge is 0.385 e. The Balaban J connectivity index is 1.88. The van der Waals surface area contributed by atoms with Gasteiger partial charge in [-0.3, -0.25) is 9.38 Å². The van der Waals surface area contributed by atoms with Crippen molar-refractivity contribution in [2.45, 2.75) is 19.9 Å². The second-order valence-corrected chi connectivity index (χ2v) is 4.83. The highest BCUT2D eigenvalue weighted by Crippen LogP contribution is 2.08. The van der Waals surface area contributed by atoms with Crippen LogP contribution in [-0.2, 0) is 6.54 Å². The Morgan fingerprint density at radius 3 is 3.00 bits per heavy atom. The average molecular weight is 283 g/mol. The van der Waals surface area contributed by atoms with Crippen molar-refractivity contribution in [2.75, 3.05) is 11.9 Å². The van der Waals surface area contributed by atoms with E-state index in [2.05, 4.69) is 22.3 Å². The molecule has 0 bridgehead atoms. The molecular formula is C15H17N5O. The molecule has 3 heterocycles. The molecule has 0 atom stereocenters. The Morgan fingerprint density at radius 2 is 2.19 bits per heavy atom. The van der Waals surface area contributed by atoms with E-state index in [-0.39, 0.29) is 5.69 Å². The van der Waals surface area contributed by atoms with Crippen LogP contribution >= 0.6 is 0 Å². The lowest BCUT2D eigenvalue weighted by Crippen LogP contribution is -2.22. The molecule has 0 radical (unpaired) electrons. The monoisotopic (exact) mass is 283 g/mol. The minimum atomic E-state index is -0.153. The number of pyridine rings is 2. The molecule has 0 aliphatic rings. The molecule has 1 N–H and O–H groups in total. The first kappa shape index (κ1) is 13.4. The SMILES string of the molecule is CCCNc1ccnc(Cn2nc3ccccn3c2=O)c1. The highest BCUT2D eigenvalue weighted by Gasteiger charge is 2.07. The van der Waals surface area contributed by atoms with Gasteiger partial charge in [0.1, 0.15) is 0 Å². The fraction of sp³-hybridized carbons (Fsp3) is 0.267. The summed E-state index contributed by atoms with van der Waals surface area (Å²) in [5, 5.41) is 7.61. The number of rotatable bonds is 5. The van der Waals surface area contributed by atoms with Gasteiger partial charge in [-0.2, -0.15) is 0 Å². The van der Waals surface area contributed by atoms with Crippen molar-refractivity contribution < 1.29 is 0 Å². The third-order valence-corrected chi connectivity index (χ3v) is 3.20. The van der Waals surface area contributed by atoms with Crippen LogP contribution in [0.1, 0.15) is 19.0 Å². The van der Waals surface area contributed by atoms with Crippen LogP contribution in [0.2, 0.25) is 0 Å². The summed E-state index contributed by atoms with van der Waals surface area (Å²) in [6, 6.07) is 9.36. The summed E-state index contributed by atoms with van der Waals surface area (Å²) in [4.78, 5) is 16.5.